The van der Waals surface area contributed by atoms with E-state index in [2.05, 4.69) is 25.6 Å². The van der Waals surface area contributed by atoms with Gasteiger partial charge in [-0.25, -0.2) is 0 Å². The van der Waals surface area contributed by atoms with E-state index in [1.165, 1.54) is 0 Å². The van der Waals surface area contributed by atoms with Crippen LogP contribution in [0.4, 0.5) is 0 Å². The van der Waals surface area contributed by atoms with Gasteiger partial charge in [0.1, 0.15) is 12.1 Å². The van der Waals surface area contributed by atoms with Crippen LogP contribution in [0.2, 0.25) is 0 Å². The summed E-state index contributed by atoms with van der Waals surface area (Å²) in [5.41, 5.74) is 0.911. The molecule has 2 saturated heterocycles. The predicted molar refractivity (Wildman–Crippen MR) is 127 cm³/mol. The maximum absolute atomic E-state index is 12.8. The molecule has 0 radical (unpaired) electrons. The highest BCUT2D eigenvalue weighted by atomic mass is 16.5. The molecule has 0 spiro atoms. The van der Waals surface area contributed by atoms with Crippen LogP contribution in [0.3, 0.4) is 0 Å². The van der Waals surface area contributed by atoms with Crippen molar-refractivity contribution in [3.05, 3.63) is 30.3 Å². The predicted octanol–water partition coefficient (Wildman–Crippen LogP) is 2.00. The lowest BCUT2D eigenvalue weighted by atomic mass is 9.69. The smallest absolute Gasteiger partial charge is 0.323 e. The number of aromatic nitrogens is 4. The molecule has 2 aliphatic heterocycles. The number of esters is 1. The highest BCUT2D eigenvalue weighted by Gasteiger charge is 2.43. The van der Waals surface area contributed by atoms with Crippen LogP contribution in [0, 0.1) is 17.8 Å². The Morgan fingerprint density at radius 1 is 1.14 bits per heavy atom. The van der Waals surface area contributed by atoms with E-state index in [1.807, 2.05) is 37.3 Å². The van der Waals surface area contributed by atoms with Crippen molar-refractivity contribution < 1.29 is 19.4 Å². The molecule has 6 atom stereocenters. The molecule has 1 aliphatic carbocycles. The van der Waals surface area contributed by atoms with Crippen molar-refractivity contribution in [2.24, 2.45) is 17.8 Å². The van der Waals surface area contributed by atoms with E-state index in [1.54, 1.807) is 4.80 Å². The van der Waals surface area contributed by atoms with E-state index in [9.17, 15) is 14.7 Å². The molecule has 10 heteroatoms. The Balaban J connectivity index is 1.27. The first-order chi connectivity index (χ1) is 17.0. The number of likely N-dealkylation sites (tertiary alicyclic amines) is 1. The number of carboxylic acids is 1. The van der Waals surface area contributed by atoms with Crippen LogP contribution in [-0.2, 0) is 14.3 Å². The third-order valence-electron chi connectivity index (χ3n) is 7.93. The minimum Gasteiger partial charge on any atom is -0.480 e. The van der Waals surface area contributed by atoms with Gasteiger partial charge in [-0.2, -0.15) is 4.80 Å². The molecule has 3 heterocycles. The van der Waals surface area contributed by atoms with Gasteiger partial charge in [-0.3, -0.25) is 14.5 Å². The molecule has 0 amide bonds. The first-order valence-corrected chi connectivity index (χ1v) is 12.7. The third-order valence-corrected chi connectivity index (χ3v) is 7.93. The monoisotopic (exact) mass is 482 g/mol. The van der Waals surface area contributed by atoms with E-state index in [0.29, 0.717) is 49.6 Å². The molecule has 2 aromatic rings. The highest BCUT2D eigenvalue weighted by Crippen LogP contribution is 2.40. The van der Waals surface area contributed by atoms with Gasteiger partial charge < -0.3 is 15.2 Å². The van der Waals surface area contributed by atoms with Gasteiger partial charge >= 0.3 is 11.9 Å². The summed E-state index contributed by atoms with van der Waals surface area (Å²) in [6.45, 7) is 4.43. The van der Waals surface area contributed by atoms with Crippen molar-refractivity contribution in [3.8, 4) is 11.4 Å². The normalized spacial score (nSPS) is 31.1. The Morgan fingerprint density at radius 2 is 1.97 bits per heavy atom. The van der Waals surface area contributed by atoms with Crippen LogP contribution in [0.5, 0.6) is 0 Å². The molecule has 5 rings (SSSR count). The number of ether oxygens (including phenoxy) is 1. The van der Waals surface area contributed by atoms with E-state index in [4.69, 9.17) is 4.74 Å². The Labute approximate surface area is 205 Å². The van der Waals surface area contributed by atoms with Crippen molar-refractivity contribution >= 4 is 11.9 Å². The van der Waals surface area contributed by atoms with Gasteiger partial charge in [-0.1, -0.05) is 30.3 Å². The molecule has 188 valence electrons. The van der Waals surface area contributed by atoms with Crippen LogP contribution in [-0.4, -0.2) is 80.5 Å². The average Bonchev–Trinajstić information content (AvgIpc) is 3.52. The Hall–Kier alpha value is -2.85. The summed E-state index contributed by atoms with van der Waals surface area (Å²) in [5.74, 6) is 1.02. The summed E-state index contributed by atoms with van der Waals surface area (Å²) in [6, 6.07) is 8.91. The van der Waals surface area contributed by atoms with Crippen LogP contribution < -0.4 is 5.32 Å². The van der Waals surface area contributed by atoms with E-state index in [0.717, 1.165) is 37.9 Å². The standard InChI is InChI=1S/C25H34N6O4/c1-2-35-25(34)22-12-20(31-28-23(27-29-31)17-6-4-3-5-7-17)15-30(22)14-16-8-9-18-13-26-21(24(32)33)11-19(18)10-16/h3-7,16,18-22,26H,2,8-15H2,1H3,(H,32,33)/t16?,18-,19?,20-,21?,22-/m0/s1. The fourth-order valence-corrected chi connectivity index (χ4v) is 6.16. The average molecular weight is 483 g/mol. The summed E-state index contributed by atoms with van der Waals surface area (Å²) >= 11 is 0. The zero-order valence-electron chi connectivity index (χ0n) is 20.1. The van der Waals surface area contributed by atoms with Crippen LogP contribution in [0.15, 0.2) is 30.3 Å². The maximum Gasteiger partial charge on any atom is 0.323 e. The molecule has 0 bridgehead atoms. The van der Waals surface area contributed by atoms with Crippen molar-refractivity contribution in [2.45, 2.75) is 57.2 Å². The minimum absolute atomic E-state index is 0.0546. The fourth-order valence-electron chi connectivity index (χ4n) is 6.16. The maximum atomic E-state index is 12.8. The molecule has 3 fully saturated rings. The van der Waals surface area contributed by atoms with E-state index >= 15 is 0 Å². The molecule has 10 nitrogen and oxygen atoms in total. The number of hydrogen-bond donors (Lipinski definition) is 2. The van der Waals surface area contributed by atoms with Crippen LogP contribution in [0.25, 0.3) is 11.4 Å². The number of piperidine rings is 1. The topological polar surface area (TPSA) is 122 Å². The molecule has 1 saturated carbocycles. The summed E-state index contributed by atoms with van der Waals surface area (Å²) in [6.07, 6.45) is 4.48. The van der Waals surface area contributed by atoms with Gasteiger partial charge in [0.15, 0.2) is 0 Å². The number of benzene rings is 1. The Kier molecular flexibility index (Phi) is 7.10. The number of nitrogens with zero attached hydrogens (tertiary/aromatic N) is 5. The Morgan fingerprint density at radius 3 is 2.74 bits per heavy atom. The van der Waals surface area contributed by atoms with Crippen molar-refractivity contribution in [1.29, 1.82) is 0 Å². The largest absolute Gasteiger partial charge is 0.480 e. The van der Waals surface area contributed by atoms with Gasteiger partial charge in [0.25, 0.3) is 0 Å². The molecule has 35 heavy (non-hydrogen) atoms. The number of carboxylic acid groups (broad SMARTS) is 1. The first kappa shape index (κ1) is 23.9. The second-order valence-corrected chi connectivity index (χ2v) is 10.1. The number of nitrogens with one attached hydrogen (secondary N) is 1. The molecular weight excluding hydrogens is 448 g/mol. The summed E-state index contributed by atoms with van der Waals surface area (Å²) in [4.78, 5) is 28.2. The third kappa shape index (κ3) is 5.23. The first-order valence-electron chi connectivity index (χ1n) is 12.7. The lowest BCUT2D eigenvalue weighted by molar-refractivity contribution is -0.149. The van der Waals surface area contributed by atoms with Crippen molar-refractivity contribution in [2.75, 3.05) is 26.2 Å². The zero-order chi connectivity index (χ0) is 24.4. The van der Waals surface area contributed by atoms with E-state index in [-0.39, 0.29) is 18.1 Å². The minimum atomic E-state index is -0.759. The highest BCUT2D eigenvalue weighted by molar-refractivity contribution is 5.76. The van der Waals surface area contributed by atoms with Gasteiger partial charge in [-0.05, 0) is 68.5 Å². The number of fused-ring (bicyclic) bond motifs is 1. The second kappa shape index (κ2) is 10.4. The lowest BCUT2D eigenvalue weighted by Crippen LogP contribution is -2.50. The summed E-state index contributed by atoms with van der Waals surface area (Å²) in [5, 5.41) is 25.8. The van der Waals surface area contributed by atoms with E-state index < -0.39 is 12.0 Å². The van der Waals surface area contributed by atoms with Gasteiger partial charge in [0.05, 0.1) is 12.6 Å². The van der Waals surface area contributed by atoms with Crippen LogP contribution in [0.1, 0.15) is 45.1 Å². The molecule has 3 aliphatic rings. The zero-order valence-corrected chi connectivity index (χ0v) is 20.1. The molecular formula is C25H34N6O4. The second-order valence-electron chi connectivity index (χ2n) is 10.1. The molecule has 1 aromatic carbocycles. The van der Waals surface area contributed by atoms with Crippen molar-refractivity contribution in [1.82, 2.24) is 30.4 Å². The number of aliphatic carboxylic acids is 1. The molecule has 1 aromatic heterocycles. The number of carbonyl (C=O) groups is 2. The summed E-state index contributed by atoms with van der Waals surface area (Å²) < 4.78 is 5.41. The number of carbonyl (C=O) groups excluding carboxylic acids is 1. The number of rotatable bonds is 7. The van der Waals surface area contributed by atoms with Gasteiger partial charge in [-0.15, -0.1) is 10.2 Å². The number of hydrogen-bond acceptors (Lipinski definition) is 8. The Bertz CT molecular complexity index is 1030. The van der Waals surface area contributed by atoms with Crippen molar-refractivity contribution in [3.63, 3.8) is 0 Å². The molecule has 2 N–H and O–H groups in total. The quantitative estimate of drug-likeness (QED) is 0.571. The summed E-state index contributed by atoms with van der Waals surface area (Å²) in [7, 11) is 0. The number of tetrazole rings is 1. The fraction of sp³-hybridized carbons (Fsp3) is 0.640. The SMILES string of the molecule is CCOC(=O)[C@@H]1C[C@H](n2nnc(-c3ccccc3)n2)CN1CC1CC[C@H]2CNC(C(=O)O)CC2C1. The van der Waals surface area contributed by atoms with Gasteiger partial charge in [0.2, 0.25) is 5.82 Å². The lowest BCUT2D eigenvalue weighted by Gasteiger charge is -2.42. The van der Waals surface area contributed by atoms with Gasteiger partial charge in [0, 0.05) is 18.7 Å². The molecule has 3 unspecified atom stereocenters. The van der Waals surface area contributed by atoms with Crippen LogP contribution >= 0.6 is 0 Å².